The summed E-state index contributed by atoms with van der Waals surface area (Å²) in [4.78, 5) is 23.4. The minimum Gasteiger partial charge on any atom is -0.352 e. The molecule has 0 radical (unpaired) electrons. The molecule has 0 saturated heterocycles. The van der Waals surface area contributed by atoms with Crippen molar-refractivity contribution < 1.29 is 9.59 Å². The minimum absolute atomic E-state index is 0.105. The summed E-state index contributed by atoms with van der Waals surface area (Å²) in [6.45, 7) is 8.07. The van der Waals surface area contributed by atoms with E-state index < -0.39 is 6.04 Å². The van der Waals surface area contributed by atoms with E-state index in [0.717, 1.165) is 6.42 Å². The summed E-state index contributed by atoms with van der Waals surface area (Å²) in [6.07, 6.45) is 0.878. The molecule has 2 amide bonds. The normalized spacial score (nSPS) is 15.8. The van der Waals surface area contributed by atoms with Gasteiger partial charge >= 0.3 is 0 Å². The molecule has 0 aromatic carbocycles. The van der Waals surface area contributed by atoms with Crippen LogP contribution in [0, 0.1) is 5.92 Å². The second-order valence-corrected chi connectivity index (χ2v) is 4.51. The third-order valence-corrected chi connectivity index (χ3v) is 2.71. The van der Waals surface area contributed by atoms with Gasteiger partial charge in [0.2, 0.25) is 11.8 Å². The lowest BCUT2D eigenvalue weighted by molar-refractivity contribution is -0.130. The minimum atomic E-state index is -0.490. The lowest BCUT2D eigenvalue weighted by atomic mass is 10.1. The Labute approximate surface area is 104 Å². The Balaban J connectivity index is 4.11. The van der Waals surface area contributed by atoms with Crippen LogP contribution in [-0.4, -0.2) is 37.5 Å². The van der Waals surface area contributed by atoms with Crippen LogP contribution in [0.5, 0.6) is 0 Å². The van der Waals surface area contributed by atoms with Crippen molar-refractivity contribution in [2.45, 2.75) is 46.2 Å². The molecule has 0 aliphatic heterocycles. The maximum atomic E-state index is 11.7. The number of hydrogen-bond donors (Lipinski definition) is 3. The van der Waals surface area contributed by atoms with E-state index in [1.807, 2.05) is 20.8 Å². The number of carbonyl (C=O) groups excluding carboxylic acids is 2. The Kier molecular flexibility index (Phi) is 7.54. The van der Waals surface area contributed by atoms with Crippen LogP contribution >= 0.6 is 0 Å². The third-order valence-electron chi connectivity index (χ3n) is 2.71. The zero-order valence-electron chi connectivity index (χ0n) is 11.5. The van der Waals surface area contributed by atoms with Crippen LogP contribution in [-0.2, 0) is 9.59 Å². The molecule has 17 heavy (non-hydrogen) atoms. The van der Waals surface area contributed by atoms with Crippen LogP contribution in [0.15, 0.2) is 0 Å². The molecule has 0 rings (SSSR count). The molecule has 5 heteroatoms. The molecule has 100 valence electrons. The van der Waals surface area contributed by atoms with Crippen molar-refractivity contribution in [2.75, 3.05) is 13.6 Å². The van der Waals surface area contributed by atoms with Crippen LogP contribution in [0.25, 0.3) is 0 Å². The van der Waals surface area contributed by atoms with Crippen molar-refractivity contribution in [3.63, 3.8) is 0 Å². The van der Waals surface area contributed by atoms with Crippen LogP contribution in [0.3, 0.4) is 0 Å². The van der Waals surface area contributed by atoms with E-state index >= 15 is 0 Å². The lowest BCUT2D eigenvalue weighted by Gasteiger charge is -2.19. The van der Waals surface area contributed by atoms with Gasteiger partial charge in [-0.3, -0.25) is 9.59 Å². The number of amides is 2. The molecular formula is C12H25N3O2. The standard InChI is InChI=1S/C12H25N3O2/c1-6-9(3)14-12(17)10(4)15-11(16)8(2)7-13-5/h8-10,13H,6-7H2,1-5H3,(H,14,17)(H,15,16). The van der Waals surface area contributed by atoms with Crippen molar-refractivity contribution in [3.8, 4) is 0 Å². The monoisotopic (exact) mass is 243 g/mol. The number of carbonyl (C=O) groups is 2. The average Bonchev–Trinajstić information content (AvgIpc) is 2.28. The van der Waals surface area contributed by atoms with Gasteiger partial charge in [0.15, 0.2) is 0 Å². The van der Waals surface area contributed by atoms with Gasteiger partial charge in [-0.25, -0.2) is 0 Å². The number of hydrogen-bond acceptors (Lipinski definition) is 3. The van der Waals surface area contributed by atoms with Gasteiger partial charge in [-0.1, -0.05) is 13.8 Å². The topological polar surface area (TPSA) is 70.2 Å². The van der Waals surface area contributed by atoms with E-state index in [2.05, 4.69) is 16.0 Å². The molecule has 0 saturated carbocycles. The molecule has 3 N–H and O–H groups in total. The van der Waals surface area contributed by atoms with Crippen LogP contribution in [0.4, 0.5) is 0 Å². The smallest absolute Gasteiger partial charge is 0.242 e. The summed E-state index contributed by atoms with van der Waals surface area (Å²) in [6, 6.07) is -0.354. The first-order valence-corrected chi connectivity index (χ1v) is 6.17. The van der Waals surface area contributed by atoms with Gasteiger partial charge in [-0.15, -0.1) is 0 Å². The molecule has 3 atom stereocenters. The molecule has 0 aliphatic rings. The summed E-state index contributed by atoms with van der Waals surface area (Å²) >= 11 is 0. The summed E-state index contributed by atoms with van der Waals surface area (Å²) in [5.41, 5.74) is 0. The molecule has 0 fully saturated rings. The van der Waals surface area contributed by atoms with Crippen molar-refractivity contribution in [1.82, 2.24) is 16.0 Å². The van der Waals surface area contributed by atoms with E-state index in [1.54, 1.807) is 14.0 Å². The van der Waals surface area contributed by atoms with Crippen LogP contribution in [0.2, 0.25) is 0 Å². The molecule has 0 aromatic rings. The second-order valence-electron chi connectivity index (χ2n) is 4.51. The van der Waals surface area contributed by atoms with E-state index in [4.69, 9.17) is 0 Å². The van der Waals surface area contributed by atoms with E-state index in [-0.39, 0.29) is 23.8 Å². The predicted molar refractivity (Wildman–Crippen MR) is 68.6 cm³/mol. The molecular weight excluding hydrogens is 218 g/mol. The first-order valence-electron chi connectivity index (χ1n) is 6.17. The van der Waals surface area contributed by atoms with Crippen LogP contribution in [0.1, 0.15) is 34.1 Å². The van der Waals surface area contributed by atoms with Gasteiger partial charge in [0.25, 0.3) is 0 Å². The average molecular weight is 243 g/mol. The highest BCUT2D eigenvalue weighted by Gasteiger charge is 2.19. The quantitative estimate of drug-likeness (QED) is 0.601. The highest BCUT2D eigenvalue weighted by atomic mass is 16.2. The fourth-order valence-electron chi connectivity index (χ4n) is 1.29. The first-order chi connectivity index (χ1) is 7.92. The fourth-order valence-corrected chi connectivity index (χ4v) is 1.29. The highest BCUT2D eigenvalue weighted by molar-refractivity contribution is 5.88. The largest absolute Gasteiger partial charge is 0.352 e. The highest BCUT2D eigenvalue weighted by Crippen LogP contribution is 1.95. The maximum absolute atomic E-state index is 11.7. The maximum Gasteiger partial charge on any atom is 0.242 e. The third kappa shape index (κ3) is 6.26. The van der Waals surface area contributed by atoms with Gasteiger partial charge in [-0.05, 0) is 27.3 Å². The Morgan fingerprint density at radius 3 is 2.12 bits per heavy atom. The fraction of sp³-hybridized carbons (Fsp3) is 0.833. The molecule has 3 unspecified atom stereocenters. The molecule has 5 nitrogen and oxygen atoms in total. The van der Waals surface area contributed by atoms with Crippen molar-refractivity contribution in [3.05, 3.63) is 0 Å². The number of rotatable bonds is 7. The SMILES string of the molecule is CCC(C)NC(=O)C(C)NC(=O)C(C)CNC. The lowest BCUT2D eigenvalue weighted by Crippen LogP contribution is -2.49. The van der Waals surface area contributed by atoms with Gasteiger partial charge < -0.3 is 16.0 Å². The number of nitrogens with one attached hydrogen (secondary N) is 3. The zero-order valence-corrected chi connectivity index (χ0v) is 11.5. The molecule has 0 aromatic heterocycles. The van der Waals surface area contributed by atoms with E-state index in [9.17, 15) is 9.59 Å². The summed E-state index contributed by atoms with van der Waals surface area (Å²) in [5.74, 6) is -0.380. The zero-order chi connectivity index (χ0) is 13.4. The Bertz CT molecular complexity index is 256. The second kappa shape index (κ2) is 8.06. The Morgan fingerprint density at radius 1 is 1.06 bits per heavy atom. The van der Waals surface area contributed by atoms with Crippen molar-refractivity contribution in [1.29, 1.82) is 0 Å². The predicted octanol–water partition coefficient (Wildman–Crippen LogP) is 0.261. The van der Waals surface area contributed by atoms with Gasteiger partial charge in [0, 0.05) is 18.5 Å². The summed E-state index contributed by atoms with van der Waals surface area (Å²) < 4.78 is 0. The Morgan fingerprint density at radius 2 is 1.65 bits per heavy atom. The van der Waals surface area contributed by atoms with Gasteiger partial charge in [0.05, 0.1) is 0 Å². The molecule has 0 spiro atoms. The van der Waals surface area contributed by atoms with Crippen molar-refractivity contribution >= 4 is 11.8 Å². The first kappa shape index (κ1) is 15.9. The van der Waals surface area contributed by atoms with Crippen molar-refractivity contribution in [2.24, 2.45) is 5.92 Å². The Hall–Kier alpha value is -1.10. The molecule has 0 bridgehead atoms. The molecule has 0 aliphatic carbocycles. The van der Waals surface area contributed by atoms with Gasteiger partial charge in [0.1, 0.15) is 6.04 Å². The van der Waals surface area contributed by atoms with Gasteiger partial charge in [-0.2, -0.15) is 0 Å². The summed E-state index contributed by atoms with van der Waals surface area (Å²) in [7, 11) is 1.79. The summed E-state index contributed by atoms with van der Waals surface area (Å²) in [5, 5.41) is 8.47. The molecule has 0 heterocycles. The van der Waals surface area contributed by atoms with E-state index in [0.29, 0.717) is 6.54 Å². The van der Waals surface area contributed by atoms with Crippen LogP contribution < -0.4 is 16.0 Å². The van der Waals surface area contributed by atoms with E-state index in [1.165, 1.54) is 0 Å².